The molecule has 5 rings (SSSR count). The Balaban J connectivity index is 1.34. The Kier molecular flexibility index (Phi) is 7.89. The Labute approximate surface area is 238 Å². The molecule has 3 aromatic heterocycles. The quantitative estimate of drug-likeness (QED) is 0.328. The molecule has 0 aliphatic carbocycles. The lowest BCUT2D eigenvalue weighted by atomic mass is 10.1. The minimum atomic E-state index is -0.620. The zero-order valence-electron chi connectivity index (χ0n) is 23.9. The van der Waals surface area contributed by atoms with E-state index in [4.69, 9.17) is 19.2 Å². The van der Waals surface area contributed by atoms with Gasteiger partial charge in [-0.15, -0.1) is 0 Å². The molecule has 1 saturated heterocycles. The molecular formula is C30H34N6O5. The van der Waals surface area contributed by atoms with Crippen LogP contribution >= 0.6 is 0 Å². The Morgan fingerprint density at radius 3 is 2.68 bits per heavy atom. The van der Waals surface area contributed by atoms with E-state index in [0.29, 0.717) is 46.6 Å². The number of ether oxygens (including phenoxy) is 3. The number of hydrogen-bond acceptors (Lipinski definition) is 9. The first-order valence-electron chi connectivity index (χ1n) is 13.5. The second kappa shape index (κ2) is 11.5. The Morgan fingerprint density at radius 2 is 1.90 bits per heavy atom. The molecule has 1 aliphatic rings. The molecular weight excluding hydrogens is 524 g/mol. The summed E-state index contributed by atoms with van der Waals surface area (Å²) in [4.78, 5) is 41.1. The van der Waals surface area contributed by atoms with Crippen molar-refractivity contribution in [1.82, 2.24) is 19.5 Å². The summed E-state index contributed by atoms with van der Waals surface area (Å²) in [5, 5.41) is 3.45. The van der Waals surface area contributed by atoms with Crippen LogP contribution in [0.15, 0.2) is 59.7 Å². The molecule has 1 amide bonds. The fourth-order valence-electron chi connectivity index (χ4n) is 4.85. The van der Waals surface area contributed by atoms with Crippen LogP contribution in [0.25, 0.3) is 22.2 Å². The highest BCUT2D eigenvalue weighted by molar-refractivity contribution is 5.84. The summed E-state index contributed by atoms with van der Waals surface area (Å²) in [6.45, 7) is 6.81. The molecule has 11 nitrogen and oxygen atoms in total. The molecule has 1 aromatic carbocycles. The van der Waals surface area contributed by atoms with E-state index < -0.39 is 11.7 Å². The minimum Gasteiger partial charge on any atom is -0.457 e. The summed E-state index contributed by atoms with van der Waals surface area (Å²) >= 11 is 0. The lowest BCUT2D eigenvalue weighted by Crippen LogP contribution is -2.38. The van der Waals surface area contributed by atoms with Crippen molar-refractivity contribution in [2.24, 2.45) is 7.05 Å². The molecule has 41 heavy (non-hydrogen) atoms. The third-order valence-corrected chi connectivity index (χ3v) is 6.67. The lowest BCUT2D eigenvalue weighted by molar-refractivity contribution is 0.0635. The molecule has 1 aliphatic heterocycles. The summed E-state index contributed by atoms with van der Waals surface area (Å²) in [6, 6.07) is 12.7. The number of carbonyl (C=O) groups excluding carboxylic acids is 1. The molecule has 1 N–H and O–H groups in total. The Bertz CT molecular complexity index is 1630. The fraction of sp³-hybridized carbons (Fsp3) is 0.367. The van der Waals surface area contributed by atoms with Crippen molar-refractivity contribution in [3.63, 3.8) is 0 Å². The third-order valence-electron chi connectivity index (χ3n) is 6.67. The number of amides is 1. The van der Waals surface area contributed by atoms with Crippen LogP contribution in [0.2, 0.25) is 0 Å². The average Bonchev–Trinajstić information content (AvgIpc) is 3.37. The van der Waals surface area contributed by atoms with Crippen molar-refractivity contribution < 1.29 is 19.0 Å². The van der Waals surface area contributed by atoms with E-state index in [-0.39, 0.29) is 11.6 Å². The third kappa shape index (κ3) is 6.46. The average molecular weight is 559 g/mol. The largest absolute Gasteiger partial charge is 0.457 e. The van der Waals surface area contributed by atoms with Crippen molar-refractivity contribution in [3.05, 3.63) is 65.2 Å². The molecule has 11 heteroatoms. The summed E-state index contributed by atoms with van der Waals surface area (Å²) in [7, 11) is 3.43. The van der Waals surface area contributed by atoms with Crippen LogP contribution in [0.4, 0.5) is 16.6 Å². The Hall–Kier alpha value is -4.51. The van der Waals surface area contributed by atoms with Crippen molar-refractivity contribution in [2.75, 3.05) is 30.5 Å². The number of fused-ring (bicyclic) bond motifs is 1. The van der Waals surface area contributed by atoms with E-state index in [1.54, 1.807) is 63.9 Å². The van der Waals surface area contributed by atoms with Gasteiger partial charge in [-0.25, -0.2) is 19.7 Å². The number of nitrogens with zero attached hydrogens (tertiary/aromatic N) is 5. The first-order valence-corrected chi connectivity index (χ1v) is 13.5. The topological polar surface area (TPSA) is 121 Å². The van der Waals surface area contributed by atoms with Gasteiger partial charge in [0.1, 0.15) is 22.9 Å². The maximum absolute atomic E-state index is 13.3. The van der Waals surface area contributed by atoms with Crippen molar-refractivity contribution >= 4 is 28.8 Å². The monoisotopic (exact) mass is 558 g/mol. The summed E-state index contributed by atoms with van der Waals surface area (Å²) in [5.41, 5.74) is 0.919. The summed E-state index contributed by atoms with van der Waals surface area (Å²) < 4.78 is 18.2. The first-order chi connectivity index (χ1) is 19.6. The molecule has 0 saturated carbocycles. The van der Waals surface area contributed by atoms with Gasteiger partial charge >= 0.3 is 6.09 Å². The molecule has 0 bridgehead atoms. The molecule has 4 heterocycles. The predicted molar refractivity (Wildman–Crippen MR) is 157 cm³/mol. The zero-order chi connectivity index (χ0) is 29.1. The first kappa shape index (κ1) is 28.0. The van der Waals surface area contributed by atoms with Crippen molar-refractivity contribution in [1.29, 1.82) is 0 Å². The van der Waals surface area contributed by atoms with E-state index in [1.807, 2.05) is 24.3 Å². The Morgan fingerprint density at radius 1 is 1.10 bits per heavy atom. The summed E-state index contributed by atoms with van der Waals surface area (Å²) in [5.74, 6) is 2.03. The number of nitrogens with one attached hydrogen (secondary N) is 1. The van der Waals surface area contributed by atoms with Gasteiger partial charge in [0.2, 0.25) is 5.95 Å². The number of carbonyl (C=O) groups is 1. The molecule has 0 radical (unpaired) electrons. The van der Waals surface area contributed by atoms with E-state index in [0.717, 1.165) is 24.8 Å². The van der Waals surface area contributed by atoms with Gasteiger partial charge in [0, 0.05) is 44.5 Å². The van der Waals surface area contributed by atoms with E-state index in [9.17, 15) is 9.59 Å². The number of rotatable bonds is 7. The molecule has 4 aromatic rings. The molecule has 1 fully saturated rings. The normalized spacial score (nSPS) is 15.2. The fourth-order valence-corrected chi connectivity index (χ4v) is 4.85. The highest BCUT2D eigenvalue weighted by atomic mass is 16.6. The molecule has 1 atom stereocenters. The van der Waals surface area contributed by atoms with E-state index >= 15 is 0 Å². The van der Waals surface area contributed by atoms with Gasteiger partial charge in [0.15, 0.2) is 0 Å². The predicted octanol–water partition coefficient (Wildman–Crippen LogP) is 5.15. The van der Waals surface area contributed by atoms with Crippen molar-refractivity contribution in [3.8, 4) is 22.8 Å². The van der Waals surface area contributed by atoms with Gasteiger partial charge in [0.05, 0.1) is 29.4 Å². The number of pyridine rings is 2. The van der Waals surface area contributed by atoms with Gasteiger partial charge in [-0.3, -0.25) is 14.7 Å². The van der Waals surface area contributed by atoms with Crippen LogP contribution in [-0.2, 0) is 16.5 Å². The molecule has 214 valence electrons. The molecule has 0 unspecified atom stereocenters. The second-order valence-electron chi connectivity index (χ2n) is 10.9. The zero-order valence-corrected chi connectivity index (χ0v) is 23.9. The number of benzene rings is 1. The van der Waals surface area contributed by atoms with Gasteiger partial charge in [-0.1, -0.05) is 6.07 Å². The van der Waals surface area contributed by atoms with Crippen LogP contribution in [0.1, 0.15) is 33.6 Å². The van der Waals surface area contributed by atoms with E-state index in [1.165, 1.54) is 6.20 Å². The molecule has 0 spiro atoms. The van der Waals surface area contributed by atoms with Crippen LogP contribution in [0, 0.1) is 0 Å². The lowest BCUT2D eigenvalue weighted by Gasteiger charge is -2.26. The maximum Gasteiger partial charge on any atom is 0.413 e. The minimum absolute atomic E-state index is 0.154. The van der Waals surface area contributed by atoms with Crippen LogP contribution in [-0.4, -0.2) is 57.5 Å². The van der Waals surface area contributed by atoms with Crippen molar-refractivity contribution in [2.45, 2.75) is 45.3 Å². The van der Waals surface area contributed by atoms with Gasteiger partial charge in [0.25, 0.3) is 5.56 Å². The van der Waals surface area contributed by atoms with Gasteiger partial charge in [-0.05, 0) is 63.9 Å². The number of methoxy groups -OCH3 is 1. The highest BCUT2D eigenvalue weighted by Crippen LogP contribution is 2.28. The maximum atomic E-state index is 13.3. The summed E-state index contributed by atoms with van der Waals surface area (Å²) in [6.07, 6.45) is 4.60. The van der Waals surface area contributed by atoms with Crippen LogP contribution in [0.5, 0.6) is 11.5 Å². The number of aromatic nitrogens is 4. The van der Waals surface area contributed by atoms with Gasteiger partial charge < -0.3 is 19.1 Å². The van der Waals surface area contributed by atoms with Gasteiger partial charge in [-0.2, -0.15) is 0 Å². The SMILES string of the molecule is COC[C@H]1CCCN1c1ncc(-c2ccc3cc(Oc4ccnc(NC(=O)OC(C)(C)C)c4)ccc3n2)c(=O)n1C. The number of anilines is 2. The number of hydrogen-bond donors (Lipinski definition) is 1. The van der Waals surface area contributed by atoms with E-state index in [2.05, 4.69) is 20.2 Å². The standard InChI is InChI=1S/C30H34N6O5/c1-30(2,3)41-29(38)34-26-16-22(12-13-31-26)40-21-9-11-24-19(15-21)8-10-25(33-24)23-17-32-28(35(4)27(23)37)36-14-6-7-20(36)18-39-5/h8-13,15-17,20H,6-7,14,18H2,1-5H3,(H,31,34,38)/t20-/m1/s1. The van der Waals surface area contributed by atoms with Crippen LogP contribution in [0.3, 0.4) is 0 Å². The van der Waals surface area contributed by atoms with Crippen LogP contribution < -0.4 is 20.5 Å². The smallest absolute Gasteiger partial charge is 0.413 e. The highest BCUT2D eigenvalue weighted by Gasteiger charge is 2.28. The second-order valence-corrected chi connectivity index (χ2v) is 10.9.